The molecule has 1 heterocycles. The van der Waals surface area contributed by atoms with E-state index in [2.05, 4.69) is 12.1 Å². The van der Waals surface area contributed by atoms with Gasteiger partial charge in [-0.2, -0.15) is 0 Å². The van der Waals surface area contributed by atoms with E-state index in [1.165, 1.54) is 5.56 Å². The molecule has 0 bridgehead atoms. The zero-order valence-corrected chi connectivity index (χ0v) is 8.23. The van der Waals surface area contributed by atoms with Gasteiger partial charge in [-0.15, -0.1) is 0 Å². The van der Waals surface area contributed by atoms with E-state index in [0.717, 1.165) is 19.3 Å². The van der Waals surface area contributed by atoms with Gasteiger partial charge in [-0.25, -0.2) is 0 Å². The summed E-state index contributed by atoms with van der Waals surface area (Å²) < 4.78 is 5.54. The second-order valence-corrected chi connectivity index (χ2v) is 3.88. The molecular weight excluding hydrogens is 176 g/mol. The van der Waals surface area contributed by atoms with Gasteiger partial charge in [0, 0.05) is 0 Å². The van der Waals surface area contributed by atoms with E-state index in [4.69, 9.17) is 4.74 Å². The second-order valence-electron chi connectivity index (χ2n) is 3.88. The van der Waals surface area contributed by atoms with Crippen LogP contribution < -0.4 is 0 Å². The van der Waals surface area contributed by atoms with Crippen LogP contribution >= 0.6 is 0 Å². The Kier molecular flexibility index (Phi) is 3.17. The predicted molar refractivity (Wildman–Crippen MR) is 55.1 cm³/mol. The van der Waals surface area contributed by atoms with Gasteiger partial charge in [0.15, 0.2) is 0 Å². The molecule has 2 atom stereocenters. The first kappa shape index (κ1) is 9.69. The van der Waals surface area contributed by atoms with Crippen molar-refractivity contribution in [3.8, 4) is 0 Å². The number of benzene rings is 1. The molecule has 0 spiro atoms. The fraction of sp³-hybridized carbons (Fsp3) is 0.500. The maximum Gasteiger partial charge on any atom is 0.0774 e. The quantitative estimate of drug-likeness (QED) is 0.773. The molecular formula is C12H16O2. The second kappa shape index (κ2) is 4.58. The van der Waals surface area contributed by atoms with E-state index in [0.29, 0.717) is 12.7 Å². The number of ether oxygens (including phenoxy) is 1. The van der Waals surface area contributed by atoms with E-state index in [1.807, 2.05) is 18.2 Å². The number of aliphatic hydroxyl groups is 1. The van der Waals surface area contributed by atoms with Crippen molar-refractivity contribution in [1.82, 2.24) is 0 Å². The maximum atomic E-state index is 9.27. The summed E-state index contributed by atoms with van der Waals surface area (Å²) in [5.41, 5.74) is 1.31. The zero-order chi connectivity index (χ0) is 9.80. The molecule has 2 rings (SSSR count). The molecule has 0 saturated carbocycles. The summed E-state index contributed by atoms with van der Waals surface area (Å²) in [5, 5.41) is 9.27. The van der Waals surface area contributed by atoms with Gasteiger partial charge in [0.25, 0.3) is 0 Å². The highest BCUT2D eigenvalue weighted by Crippen LogP contribution is 2.17. The van der Waals surface area contributed by atoms with E-state index >= 15 is 0 Å². The molecule has 76 valence electrons. The van der Waals surface area contributed by atoms with Crippen LogP contribution in [0.1, 0.15) is 18.4 Å². The molecule has 1 aromatic rings. The lowest BCUT2D eigenvalue weighted by molar-refractivity contribution is -0.0545. The van der Waals surface area contributed by atoms with Crippen molar-refractivity contribution < 1.29 is 9.84 Å². The van der Waals surface area contributed by atoms with Gasteiger partial charge in [0.2, 0.25) is 0 Å². The number of aliphatic hydroxyl groups excluding tert-OH is 1. The molecule has 1 aliphatic heterocycles. The minimum absolute atomic E-state index is 0.248. The molecule has 2 nitrogen and oxygen atoms in total. The summed E-state index contributed by atoms with van der Waals surface area (Å²) in [6, 6.07) is 10.4. The van der Waals surface area contributed by atoms with Crippen LogP contribution in [0.15, 0.2) is 30.3 Å². The molecule has 0 aliphatic carbocycles. The molecule has 2 unspecified atom stereocenters. The number of hydrogen-bond donors (Lipinski definition) is 1. The smallest absolute Gasteiger partial charge is 0.0774 e. The summed E-state index contributed by atoms with van der Waals surface area (Å²) in [4.78, 5) is 0. The summed E-state index contributed by atoms with van der Waals surface area (Å²) in [6.07, 6.45) is 2.85. The molecule has 0 amide bonds. The average Bonchev–Trinajstić information content (AvgIpc) is 2.23. The highest BCUT2D eigenvalue weighted by molar-refractivity contribution is 5.15. The Bertz CT molecular complexity index is 263. The monoisotopic (exact) mass is 192 g/mol. The normalized spacial score (nSPS) is 27.5. The van der Waals surface area contributed by atoms with Crippen molar-refractivity contribution in [2.45, 2.75) is 31.5 Å². The van der Waals surface area contributed by atoms with Gasteiger partial charge in [0.05, 0.1) is 18.8 Å². The van der Waals surface area contributed by atoms with Crippen molar-refractivity contribution in [3.63, 3.8) is 0 Å². The zero-order valence-electron chi connectivity index (χ0n) is 8.23. The molecule has 1 fully saturated rings. The lowest BCUT2D eigenvalue weighted by Gasteiger charge is -2.26. The summed E-state index contributed by atoms with van der Waals surface area (Å²) in [7, 11) is 0. The highest BCUT2D eigenvalue weighted by atomic mass is 16.5. The van der Waals surface area contributed by atoms with Gasteiger partial charge < -0.3 is 9.84 Å². The summed E-state index contributed by atoms with van der Waals surface area (Å²) in [5.74, 6) is 0. The molecule has 1 aliphatic rings. The van der Waals surface area contributed by atoms with E-state index in [9.17, 15) is 5.11 Å². The van der Waals surface area contributed by atoms with Gasteiger partial charge in [-0.05, 0) is 24.8 Å². The molecule has 1 saturated heterocycles. The Morgan fingerprint density at radius 1 is 1.21 bits per heavy atom. The minimum atomic E-state index is -0.248. The maximum absolute atomic E-state index is 9.27. The van der Waals surface area contributed by atoms with Crippen LogP contribution in [0, 0.1) is 0 Å². The average molecular weight is 192 g/mol. The lowest BCUT2D eigenvalue weighted by Crippen LogP contribution is -2.30. The largest absolute Gasteiger partial charge is 0.391 e. The first-order chi connectivity index (χ1) is 6.84. The third-order valence-corrected chi connectivity index (χ3v) is 2.65. The third-order valence-electron chi connectivity index (χ3n) is 2.65. The molecule has 0 radical (unpaired) electrons. The van der Waals surface area contributed by atoms with Crippen molar-refractivity contribution in [3.05, 3.63) is 35.9 Å². The van der Waals surface area contributed by atoms with Crippen LogP contribution in [0.4, 0.5) is 0 Å². The first-order valence-corrected chi connectivity index (χ1v) is 5.18. The molecule has 0 aromatic heterocycles. The minimum Gasteiger partial charge on any atom is -0.391 e. The summed E-state index contributed by atoms with van der Waals surface area (Å²) >= 11 is 0. The number of rotatable bonds is 2. The van der Waals surface area contributed by atoms with Crippen molar-refractivity contribution in [1.29, 1.82) is 0 Å². The standard InChI is InChI=1S/C12H16O2/c13-11-6-7-12(14-9-11)8-10-4-2-1-3-5-10/h1-5,11-13H,6-9H2. The Morgan fingerprint density at radius 2 is 2.00 bits per heavy atom. The Morgan fingerprint density at radius 3 is 2.64 bits per heavy atom. The van der Waals surface area contributed by atoms with Crippen LogP contribution in [0.25, 0.3) is 0 Å². The van der Waals surface area contributed by atoms with E-state index < -0.39 is 0 Å². The highest BCUT2D eigenvalue weighted by Gasteiger charge is 2.19. The first-order valence-electron chi connectivity index (χ1n) is 5.18. The van der Waals surface area contributed by atoms with Crippen LogP contribution in [0.2, 0.25) is 0 Å². The fourth-order valence-corrected chi connectivity index (χ4v) is 1.83. The van der Waals surface area contributed by atoms with Crippen LogP contribution in [0.5, 0.6) is 0 Å². The van der Waals surface area contributed by atoms with Crippen LogP contribution in [-0.2, 0) is 11.2 Å². The van der Waals surface area contributed by atoms with Gasteiger partial charge in [-0.1, -0.05) is 30.3 Å². The Balaban J connectivity index is 1.87. The molecule has 1 N–H and O–H groups in total. The van der Waals surface area contributed by atoms with Crippen molar-refractivity contribution in [2.24, 2.45) is 0 Å². The van der Waals surface area contributed by atoms with Gasteiger partial charge in [-0.3, -0.25) is 0 Å². The van der Waals surface area contributed by atoms with Gasteiger partial charge >= 0.3 is 0 Å². The molecule has 1 aromatic carbocycles. The SMILES string of the molecule is OC1CCC(Cc2ccccc2)OC1. The lowest BCUT2D eigenvalue weighted by atomic mass is 10.0. The van der Waals surface area contributed by atoms with Crippen molar-refractivity contribution >= 4 is 0 Å². The third kappa shape index (κ3) is 2.56. The van der Waals surface area contributed by atoms with Gasteiger partial charge in [0.1, 0.15) is 0 Å². The summed E-state index contributed by atoms with van der Waals surface area (Å²) in [6.45, 7) is 0.498. The fourth-order valence-electron chi connectivity index (χ4n) is 1.83. The van der Waals surface area contributed by atoms with Crippen LogP contribution in [-0.4, -0.2) is 23.9 Å². The Labute approximate surface area is 84.5 Å². The predicted octanol–water partition coefficient (Wildman–Crippen LogP) is 1.77. The molecule has 14 heavy (non-hydrogen) atoms. The van der Waals surface area contributed by atoms with E-state index in [1.54, 1.807) is 0 Å². The Hall–Kier alpha value is -0.860. The molecule has 2 heteroatoms. The number of hydrogen-bond acceptors (Lipinski definition) is 2. The topological polar surface area (TPSA) is 29.5 Å². The van der Waals surface area contributed by atoms with Crippen molar-refractivity contribution in [2.75, 3.05) is 6.61 Å². The van der Waals surface area contributed by atoms with E-state index in [-0.39, 0.29) is 6.10 Å². The van der Waals surface area contributed by atoms with Crippen LogP contribution in [0.3, 0.4) is 0 Å².